The normalized spacial score (nSPS) is 13.6. The predicted octanol–water partition coefficient (Wildman–Crippen LogP) is 1.04. The maximum Gasteiger partial charge on any atom is 0.319 e. The number of carbonyl (C=O) groups is 1. The highest BCUT2D eigenvalue weighted by Gasteiger charge is 2.35. The molecule has 5 N–H and O–H groups in total. The van der Waals surface area contributed by atoms with Crippen molar-refractivity contribution in [1.82, 2.24) is 0 Å². The van der Waals surface area contributed by atoms with Crippen molar-refractivity contribution in [3.05, 3.63) is 0 Å². The zero-order valence-corrected chi connectivity index (χ0v) is 19.7. The predicted molar refractivity (Wildman–Crippen MR) is 118 cm³/mol. The van der Waals surface area contributed by atoms with Gasteiger partial charge in [0.25, 0.3) is 0 Å². The molecule has 0 aromatic carbocycles. The third-order valence-electron chi connectivity index (χ3n) is 3.62. The van der Waals surface area contributed by atoms with Crippen LogP contribution in [0.4, 0.5) is 0 Å². The van der Waals surface area contributed by atoms with Crippen molar-refractivity contribution in [1.29, 1.82) is 0 Å². The first-order valence-corrected chi connectivity index (χ1v) is 14.9. The number of hydrogen-bond acceptors (Lipinski definition) is 14. The SMILES string of the molecule is CC(SSSSSS)C(=O)OCC(CO)(CO)COCC(CO)(CO)CO. The van der Waals surface area contributed by atoms with E-state index in [-0.39, 0.29) is 19.8 Å². The van der Waals surface area contributed by atoms with E-state index >= 15 is 0 Å². The molecule has 0 saturated heterocycles. The van der Waals surface area contributed by atoms with Gasteiger partial charge in [0.2, 0.25) is 0 Å². The molecule has 0 fully saturated rings. The second-order valence-corrected chi connectivity index (χ2v) is 14.6. The molecule has 0 spiro atoms. The Bertz CT molecular complexity index is 389. The molecule has 0 amide bonds. The van der Waals surface area contributed by atoms with Crippen LogP contribution in [0.25, 0.3) is 0 Å². The second-order valence-electron chi connectivity index (χ2n) is 5.91. The van der Waals surface area contributed by atoms with Gasteiger partial charge in [-0.1, -0.05) is 22.5 Å². The van der Waals surface area contributed by atoms with Gasteiger partial charge < -0.3 is 35.0 Å². The Morgan fingerprint density at radius 1 is 0.889 bits per heavy atom. The number of esters is 1. The third kappa shape index (κ3) is 10.8. The largest absolute Gasteiger partial charge is 0.464 e. The molecule has 0 aliphatic carbocycles. The van der Waals surface area contributed by atoms with Gasteiger partial charge in [0.1, 0.15) is 11.9 Å². The van der Waals surface area contributed by atoms with Crippen LogP contribution in [-0.2, 0) is 14.3 Å². The zero-order valence-electron chi connectivity index (χ0n) is 14.7. The Balaban J connectivity index is 4.53. The molecule has 8 nitrogen and oxygen atoms in total. The van der Waals surface area contributed by atoms with Crippen LogP contribution in [0, 0.1) is 10.8 Å². The molecule has 27 heavy (non-hydrogen) atoms. The molecular formula is C13H26O8S6. The lowest BCUT2D eigenvalue weighted by Crippen LogP contribution is -2.44. The van der Waals surface area contributed by atoms with Gasteiger partial charge in [-0.05, 0) is 46.2 Å². The number of carbonyl (C=O) groups excluding carboxylic acids is 1. The molecule has 14 heteroatoms. The van der Waals surface area contributed by atoms with Crippen LogP contribution in [-0.4, -0.2) is 89.6 Å². The van der Waals surface area contributed by atoms with Crippen molar-refractivity contribution in [2.45, 2.75) is 12.2 Å². The molecule has 0 rings (SSSR count). The number of aliphatic hydroxyl groups excluding tert-OH is 5. The summed E-state index contributed by atoms with van der Waals surface area (Å²) in [6.07, 6.45) is 0. The first-order chi connectivity index (χ1) is 12.9. The third-order valence-corrected chi connectivity index (χ3v) is 12.9. The zero-order chi connectivity index (χ0) is 20.8. The lowest BCUT2D eigenvalue weighted by Gasteiger charge is -2.32. The quantitative estimate of drug-likeness (QED) is 0.0732. The average molecular weight is 503 g/mol. The maximum atomic E-state index is 12.1. The monoisotopic (exact) mass is 502 g/mol. The minimum absolute atomic E-state index is 0.184. The van der Waals surface area contributed by atoms with Crippen LogP contribution in [0.5, 0.6) is 0 Å². The van der Waals surface area contributed by atoms with Crippen molar-refractivity contribution < 1.29 is 39.8 Å². The topological polar surface area (TPSA) is 137 Å². The highest BCUT2D eigenvalue weighted by atomic mass is 33.9. The molecule has 0 aliphatic rings. The number of thiol groups is 1. The summed E-state index contributed by atoms with van der Waals surface area (Å²) in [4.78, 5) is 12.1. The van der Waals surface area contributed by atoms with Crippen LogP contribution in [0.3, 0.4) is 0 Å². The highest BCUT2D eigenvalue weighted by Crippen LogP contribution is 2.50. The van der Waals surface area contributed by atoms with Crippen molar-refractivity contribution >= 4 is 67.7 Å². The van der Waals surface area contributed by atoms with Gasteiger partial charge in [0.15, 0.2) is 0 Å². The minimum Gasteiger partial charge on any atom is -0.464 e. The number of hydrogen-bond donors (Lipinski definition) is 6. The summed E-state index contributed by atoms with van der Waals surface area (Å²) in [7, 11) is 6.95. The fourth-order valence-corrected chi connectivity index (χ4v) is 10.5. The summed E-state index contributed by atoms with van der Waals surface area (Å²) >= 11 is 3.98. The molecule has 0 heterocycles. The van der Waals surface area contributed by atoms with Crippen LogP contribution in [0.2, 0.25) is 0 Å². The van der Waals surface area contributed by atoms with Crippen molar-refractivity contribution in [3.63, 3.8) is 0 Å². The van der Waals surface area contributed by atoms with E-state index in [0.29, 0.717) is 0 Å². The fraction of sp³-hybridized carbons (Fsp3) is 0.923. The van der Waals surface area contributed by atoms with Gasteiger partial charge in [-0.25, -0.2) is 0 Å². The van der Waals surface area contributed by atoms with Crippen LogP contribution >= 0.6 is 61.8 Å². The molecule has 0 saturated carbocycles. The summed E-state index contributed by atoms with van der Waals surface area (Å²) in [5, 5.41) is 46.6. The lowest BCUT2D eigenvalue weighted by atomic mass is 9.90. The summed E-state index contributed by atoms with van der Waals surface area (Å²) < 4.78 is 10.6. The second kappa shape index (κ2) is 16.1. The van der Waals surface area contributed by atoms with Gasteiger partial charge in [-0.3, -0.25) is 4.79 Å². The Labute approximate surface area is 182 Å². The first-order valence-electron chi connectivity index (χ1n) is 7.63. The van der Waals surface area contributed by atoms with Crippen molar-refractivity contribution in [2.75, 3.05) is 52.9 Å². The van der Waals surface area contributed by atoms with Crippen LogP contribution in [0.15, 0.2) is 0 Å². The Morgan fingerprint density at radius 3 is 1.89 bits per heavy atom. The van der Waals surface area contributed by atoms with Crippen molar-refractivity contribution in [2.24, 2.45) is 10.8 Å². The summed E-state index contributed by atoms with van der Waals surface area (Å²) in [5.41, 5.74) is -2.46. The summed E-state index contributed by atoms with van der Waals surface area (Å²) in [6.45, 7) is -1.41. The van der Waals surface area contributed by atoms with Crippen molar-refractivity contribution in [3.8, 4) is 0 Å². The number of aliphatic hydroxyl groups is 5. The molecule has 0 radical (unpaired) electrons. The van der Waals surface area contributed by atoms with E-state index in [1.165, 1.54) is 50.1 Å². The van der Waals surface area contributed by atoms with E-state index < -0.39 is 55.1 Å². The summed E-state index contributed by atoms with van der Waals surface area (Å²) in [6, 6.07) is 0. The molecule has 0 aliphatic heterocycles. The first kappa shape index (κ1) is 28.3. The molecule has 0 aromatic heterocycles. The maximum absolute atomic E-state index is 12.1. The summed E-state index contributed by atoms with van der Waals surface area (Å²) in [5.74, 6) is -0.488. The lowest BCUT2D eigenvalue weighted by molar-refractivity contribution is -0.153. The molecule has 0 bridgehead atoms. The molecule has 1 unspecified atom stereocenters. The van der Waals surface area contributed by atoms with Gasteiger partial charge >= 0.3 is 5.97 Å². The Kier molecular flexibility index (Phi) is 16.9. The fourth-order valence-electron chi connectivity index (χ4n) is 1.52. The highest BCUT2D eigenvalue weighted by molar-refractivity contribution is 9.41. The van der Waals surface area contributed by atoms with E-state index in [4.69, 9.17) is 9.47 Å². The van der Waals surface area contributed by atoms with Gasteiger partial charge in [0, 0.05) is 0 Å². The molecule has 1 atom stereocenters. The molecule has 0 aromatic rings. The van der Waals surface area contributed by atoms with E-state index in [9.17, 15) is 30.3 Å². The smallest absolute Gasteiger partial charge is 0.319 e. The van der Waals surface area contributed by atoms with Gasteiger partial charge in [-0.2, -0.15) is 0 Å². The number of rotatable bonds is 17. The van der Waals surface area contributed by atoms with E-state index in [1.54, 1.807) is 6.92 Å². The van der Waals surface area contributed by atoms with E-state index in [1.807, 2.05) is 0 Å². The average Bonchev–Trinajstić information content (AvgIpc) is 2.71. The number of ether oxygens (including phenoxy) is 2. The van der Waals surface area contributed by atoms with Gasteiger partial charge in [-0.15, -0.1) is 0 Å². The van der Waals surface area contributed by atoms with Crippen LogP contribution in [0.1, 0.15) is 6.92 Å². The van der Waals surface area contributed by atoms with E-state index in [2.05, 4.69) is 11.7 Å². The Hall–Kier alpha value is 1.33. The minimum atomic E-state index is -1.23. The van der Waals surface area contributed by atoms with Crippen LogP contribution < -0.4 is 0 Å². The standard InChI is InChI=1S/C13H26O8S6/c1-10(23-25-27-26-24-22)11(19)21-9-13(5-17,6-18)8-20-7-12(2-14,3-15)4-16/h10,14-18,22H,2-9H2,1H3. The van der Waals surface area contributed by atoms with Gasteiger partial charge in [0.05, 0.1) is 57.1 Å². The molecule has 162 valence electrons. The Morgan fingerprint density at radius 2 is 1.41 bits per heavy atom. The van der Waals surface area contributed by atoms with E-state index in [0.717, 1.165) is 0 Å². The molecular weight excluding hydrogens is 477 g/mol.